The first-order valence-corrected chi connectivity index (χ1v) is 10.9. The van der Waals surface area contributed by atoms with Crippen molar-refractivity contribution in [3.63, 3.8) is 0 Å². The van der Waals surface area contributed by atoms with Crippen LogP contribution in [0.1, 0.15) is 54.4 Å². The molecule has 1 heterocycles. The van der Waals surface area contributed by atoms with Gasteiger partial charge in [0.2, 0.25) is 0 Å². The van der Waals surface area contributed by atoms with Gasteiger partial charge in [0.05, 0.1) is 0 Å². The quantitative estimate of drug-likeness (QED) is 0.504. The van der Waals surface area contributed by atoms with E-state index in [0.717, 1.165) is 64.6 Å². The molecule has 0 saturated carbocycles. The Balaban J connectivity index is 2.44. The second kappa shape index (κ2) is 12.1. The fourth-order valence-corrected chi connectivity index (χ4v) is 3.50. The summed E-state index contributed by atoms with van der Waals surface area (Å²) in [5.74, 6) is 1.50. The van der Waals surface area contributed by atoms with Crippen LogP contribution in [0.2, 0.25) is 0 Å². The minimum Gasteiger partial charge on any atom is -0.444 e. The fraction of sp³-hybridized carbons (Fsp3) is 0.905. The van der Waals surface area contributed by atoms with Gasteiger partial charge in [-0.15, -0.1) is 0 Å². The molecule has 0 aliphatic carbocycles. The zero-order valence-electron chi connectivity index (χ0n) is 19.3. The van der Waals surface area contributed by atoms with Crippen molar-refractivity contribution in [3.8, 4) is 0 Å². The number of hydrogen-bond donors (Lipinski definition) is 1. The molecule has 1 amide bonds. The molecule has 0 aromatic heterocycles. The summed E-state index contributed by atoms with van der Waals surface area (Å²) in [5.41, 5.74) is -0.447. The first-order valence-electron chi connectivity index (χ1n) is 10.9. The Bertz CT molecular complexity index is 478. The fourth-order valence-electron chi connectivity index (χ4n) is 3.50. The Hall–Kier alpha value is -1.50. The Kier molecular flexibility index (Phi) is 10.6. The highest BCUT2D eigenvalue weighted by atomic mass is 16.6. The first-order chi connectivity index (χ1) is 13.2. The molecule has 1 rings (SSSR count). The van der Waals surface area contributed by atoms with Crippen molar-refractivity contribution in [2.45, 2.75) is 60.0 Å². The number of likely N-dealkylation sites (tertiary alicyclic amines) is 1. The van der Waals surface area contributed by atoms with Crippen LogP contribution in [-0.4, -0.2) is 91.8 Å². The van der Waals surface area contributed by atoms with Gasteiger partial charge in [-0.1, -0.05) is 13.8 Å². The predicted octanol–water partition coefficient (Wildman–Crippen LogP) is 2.87. The van der Waals surface area contributed by atoms with E-state index in [2.05, 4.69) is 34.0 Å². The highest BCUT2D eigenvalue weighted by molar-refractivity contribution is 5.79. The molecule has 1 saturated heterocycles. The van der Waals surface area contributed by atoms with Crippen molar-refractivity contribution in [2.24, 2.45) is 10.9 Å². The number of nitrogens with one attached hydrogen (secondary N) is 1. The zero-order chi connectivity index (χ0) is 21.2. The van der Waals surface area contributed by atoms with Gasteiger partial charge in [0.15, 0.2) is 5.96 Å². The molecule has 164 valence electrons. The molecule has 1 N–H and O–H groups in total. The number of amides is 1. The van der Waals surface area contributed by atoms with Crippen LogP contribution in [0.15, 0.2) is 4.99 Å². The molecule has 0 atom stereocenters. The Morgan fingerprint density at radius 1 is 1.14 bits per heavy atom. The molecule has 0 spiro atoms. The molecular formula is C21H43N5O2. The topological polar surface area (TPSA) is 60.4 Å². The van der Waals surface area contributed by atoms with E-state index in [9.17, 15) is 4.79 Å². The van der Waals surface area contributed by atoms with Gasteiger partial charge in [0.1, 0.15) is 5.60 Å². The van der Waals surface area contributed by atoms with Gasteiger partial charge in [-0.2, -0.15) is 0 Å². The lowest BCUT2D eigenvalue weighted by atomic mass is 9.96. The maximum atomic E-state index is 12.4. The third kappa shape index (κ3) is 8.67. The lowest BCUT2D eigenvalue weighted by Crippen LogP contribution is -2.49. The second-order valence-corrected chi connectivity index (χ2v) is 8.45. The van der Waals surface area contributed by atoms with E-state index in [-0.39, 0.29) is 6.09 Å². The van der Waals surface area contributed by atoms with Crippen LogP contribution >= 0.6 is 0 Å². The molecule has 0 aromatic rings. The third-order valence-electron chi connectivity index (χ3n) is 5.24. The highest BCUT2D eigenvalue weighted by Crippen LogP contribution is 2.20. The Morgan fingerprint density at radius 3 is 2.21 bits per heavy atom. The van der Waals surface area contributed by atoms with Crippen LogP contribution in [0.4, 0.5) is 4.79 Å². The van der Waals surface area contributed by atoms with Gasteiger partial charge >= 0.3 is 6.09 Å². The monoisotopic (exact) mass is 397 g/mol. The van der Waals surface area contributed by atoms with E-state index in [1.54, 1.807) is 0 Å². The van der Waals surface area contributed by atoms with Gasteiger partial charge in [-0.3, -0.25) is 4.99 Å². The number of hydrogen-bond acceptors (Lipinski definition) is 4. The molecule has 7 heteroatoms. The molecule has 1 fully saturated rings. The average molecular weight is 398 g/mol. The second-order valence-electron chi connectivity index (χ2n) is 8.45. The normalized spacial score (nSPS) is 16.4. The van der Waals surface area contributed by atoms with Crippen LogP contribution < -0.4 is 5.32 Å². The average Bonchev–Trinajstić information content (AvgIpc) is 2.65. The maximum Gasteiger partial charge on any atom is 0.410 e. The minimum atomic E-state index is -0.447. The number of carbonyl (C=O) groups is 1. The molecule has 28 heavy (non-hydrogen) atoms. The lowest BCUT2D eigenvalue weighted by molar-refractivity contribution is 0.0214. The van der Waals surface area contributed by atoms with E-state index >= 15 is 0 Å². The van der Waals surface area contributed by atoms with Gasteiger partial charge in [-0.25, -0.2) is 4.79 Å². The summed E-state index contributed by atoms with van der Waals surface area (Å²) in [7, 11) is 1.85. The number of likely N-dealkylation sites (N-methyl/N-ethyl adjacent to an activating group) is 1. The zero-order valence-corrected chi connectivity index (χ0v) is 19.3. The van der Waals surface area contributed by atoms with Crippen molar-refractivity contribution < 1.29 is 9.53 Å². The van der Waals surface area contributed by atoms with E-state index in [0.29, 0.717) is 12.5 Å². The SMILES string of the molecule is CCN(CC)CCNC(=NC)N1CCC(CN(CC)C(=O)OC(C)(C)C)CC1. The van der Waals surface area contributed by atoms with Gasteiger partial charge in [0, 0.05) is 46.3 Å². The van der Waals surface area contributed by atoms with Crippen LogP contribution in [0.5, 0.6) is 0 Å². The maximum absolute atomic E-state index is 12.4. The summed E-state index contributed by atoms with van der Waals surface area (Å²) in [6, 6.07) is 0. The van der Waals surface area contributed by atoms with Gasteiger partial charge < -0.3 is 24.8 Å². The molecule has 1 aliphatic rings. The summed E-state index contributed by atoms with van der Waals surface area (Å²) < 4.78 is 5.53. The largest absolute Gasteiger partial charge is 0.444 e. The van der Waals surface area contributed by atoms with Crippen molar-refractivity contribution in [1.29, 1.82) is 0 Å². The van der Waals surface area contributed by atoms with Crippen molar-refractivity contribution in [1.82, 2.24) is 20.0 Å². The minimum absolute atomic E-state index is 0.202. The molecule has 0 unspecified atom stereocenters. The summed E-state index contributed by atoms with van der Waals surface area (Å²) in [6.07, 6.45) is 1.93. The van der Waals surface area contributed by atoms with Crippen molar-refractivity contribution in [3.05, 3.63) is 0 Å². The van der Waals surface area contributed by atoms with E-state index in [1.807, 2.05) is 39.6 Å². The number of nitrogens with zero attached hydrogens (tertiary/aromatic N) is 4. The molecule has 0 bridgehead atoms. The number of aliphatic imine (C=N–C) groups is 1. The Morgan fingerprint density at radius 2 is 1.75 bits per heavy atom. The highest BCUT2D eigenvalue weighted by Gasteiger charge is 2.27. The first kappa shape index (κ1) is 24.5. The lowest BCUT2D eigenvalue weighted by Gasteiger charge is -2.36. The standard InChI is InChI=1S/C21H43N5O2/c1-8-24(9-2)16-13-23-19(22-7)26-14-11-18(12-15-26)17-25(10-3)20(27)28-21(4,5)6/h18H,8-17H2,1-7H3,(H,22,23). The summed E-state index contributed by atoms with van der Waals surface area (Å²) >= 11 is 0. The summed E-state index contributed by atoms with van der Waals surface area (Å²) in [5, 5.41) is 3.50. The summed E-state index contributed by atoms with van der Waals surface area (Å²) in [4.78, 5) is 23.4. The van der Waals surface area contributed by atoms with Gasteiger partial charge in [0.25, 0.3) is 0 Å². The van der Waals surface area contributed by atoms with E-state index in [1.165, 1.54) is 0 Å². The predicted molar refractivity (Wildman–Crippen MR) is 117 cm³/mol. The van der Waals surface area contributed by atoms with Crippen LogP contribution in [0, 0.1) is 5.92 Å². The Labute approximate surface area is 172 Å². The number of carbonyl (C=O) groups excluding carboxylic acids is 1. The molecule has 0 radical (unpaired) electrons. The number of piperidine rings is 1. The molecule has 1 aliphatic heterocycles. The van der Waals surface area contributed by atoms with Crippen LogP contribution in [0.3, 0.4) is 0 Å². The molecular weight excluding hydrogens is 354 g/mol. The molecule has 0 aromatic carbocycles. The van der Waals surface area contributed by atoms with Crippen molar-refractivity contribution >= 4 is 12.1 Å². The van der Waals surface area contributed by atoms with E-state index in [4.69, 9.17) is 4.74 Å². The summed E-state index contributed by atoms with van der Waals surface area (Å²) in [6.45, 7) is 19.6. The number of guanidine groups is 1. The van der Waals surface area contributed by atoms with Crippen molar-refractivity contribution in [2.75, 3.05) is 59.4 Å². The number of rotatable bonds is 8. The van der Waals surface area contributed by atoms with Gasteiger partial charge in [-0.05, 0) is 59.5 Å². The smallest absolute Gasteiger partial charge is 0.410 e. The van der Waals surface area contributed by atoms with E-state index < -0.39 is 5.60 Å². The van der Waals surface area contributed by atoms with Crippen LogP contribution in [0.25, 0.3) is 0 Å². The molecule has 7 nitrogen and oxygen atoms in total. The third-order valence-corrected chi connectivity index (χ3v) is 5.24. The van der Waals surface area contributed by atoms with Crippen LogP contribution in [-0.2, 0) is 4.74 Å². The number of ether oxygens (including phenoxy) is 1.